The Morgan fingerprint density at radius 3 is 1.71 bits per heavy atom. The van der Waals surface area contributed by atoms with Crippen molar-refractivity contribution in [1.82, 2.24) is 21.3 Å². The van der Waals surface area contributed by atoms with Crippen LogP contribution in [0.1, 0.15) is 95.4 Å². The van der Waals surface area contributed by atoms with Gasteiger partial charge in [0.2, 0.25) is 23.6 Å². The van der Waals surface area contributed by atoms with E-state index in [0.29, 0.717) is 12.8 Å². The predicted molar refractivity (Wildman–Crippen MR) is 147 cm³/mol. The zero-order valence-corrected chi connectivity index (χ0v) is 25.2. The molecule has 0 unspecified atom stereocenters. The number of carbonyl (C=O) groups excluding carboxylic acids is 5. The van der Waals surface area contributed by atoms with Crippen LogP contribution in [-0.4, -0.2) is 64.9 Å². The van der Waals surface area contributed by atoms with Gasteiger partial charge in [-0.2, -0.15) is 0 Å². The van der Waals surface area contributed by atoms with Crippen molar-refractivity contribution in [1.29, 1.82) is 0 Å². The van der Waals surface area contributed by atoms with Crippen LogP contribution in [-0.2, 0) is 28.7 Å². The summed E-state index contributed by atoms with van der Waals surface area (Å²) in [6.07, 6.45) is 0.818. The largest absolute Gasteiger partial charge is 0.460 e. The highest BCUT2D eigenvalue weighted by Gasteiger charge is 2.38. The van der Waals surface area contributed by atoms with Crippen LogP contribution in [0.3, 0.4) is 0 Å². The summed E-state index contributed by atoms with van der Waals surface area (Å²) in [4.78, 5) is 63.3. The molecule has 0 radical (unpaired) electrons. The van der Waals surface area contributed by atoms with Crippen LogP contribution in [0, 0.1) is 11.8 Å². The van der Waals surface area contributed by atoms with Gasteiger partial charge in [0.05, 0.1) is 12.5 Å². The molecule has 0 aromatic rings. The number of carbonyl (C=O) groups is 5. The first-order valence-electron chi connectivity index (χ1n) is 13.3. The molecule has 6 N–H and O–H groups in total. The number of hydrogen-bond acceptors (Lipinski definition) is 7. The Morgan fingerprint density at radius 1 is 0.737 bits per heavy atom. The molecule has 0 aliphatic carbocycles. The Morgan fingerprint density at radius 2 is 1.24 bits per heavy atom. The third-order valence-corrected chi connectivity index (χ3v) is 5.43. The number of ether oxygens (including phenoxy) is 1. The maximum atomic E-state index is 13.1. The Labute approximate surface area is 228 Å². The van der Waals surface area contributed by atoms with Gasteiger partial charge in [0.15, 0.2) is 0 Å². The molecule has 38 heavy (non-hydrogen) atoms. The molecule has 0 saturated carbocycles. The minimum absolute atomic E-state index is 0.0155. The summed E-state index contributed by atoms with van der Waals surface area (Å²) in [7, 11) is 0. The van der Waals surface area contributed by atoms with E-state index in [9.17, 15) is 24.0 Å². The van der Waals surface area contributed by atoms with E-state index >= 15 is 0 Å². The van der Waals surface area contributed by atoms with Gasteiger partial charge in [-0.1, -0.05) is 27.7 Å². The van der Waals surface area contributed by atoms with Gasteiger partial charge in [0, 0.05) is 6.54 Å². The number of amides is 4. The fourth-order valence-electron chi connectivity index (χ4n) is 3.44. The van der Waals surface area contributed by atoms with Crippen LogP contribution < -0.4 is 27.0 Å². The second-order valence-electron chi connectivity index (χ2n) is 12.7. The molecule has 0 fully saturated rings. The summed E-state index contributed by atoms with van der Waals surface area (Å²) < 4.78 is 5.21. The minimum atomic E-state index is -1.40. The Hall–Kier alpha value is -2.69. The first-order valence-corrected chi connectivity index (χ1v) is 13.3. The quantitative estimate of drug-likeness (QED) is 0.208. The van der Waals surface area contributed by atoms with Crippen LogP contribution in [0.4, 0.5) is 0 Å². The molecule has 0 aliphatic heterocycles. The second kappa shape index (κ2) is 14.5. The lowest BCUT2D eigenvalue weighted by atomic mass is 9.96. The van der Waals surface area contributed by atoms with Crippen molar-refractivity contribution in [2.75, 3.05) is 6.54 Å². The van der Waals surface area contributed by atoms with Crippen molar-refractivity contribution >= 4 is 29.6 Å². The van der Waals surface area contributed by atoms with Gasteiger partial charge < -0.3 is 31.7 Å². The van der Waals surface area contributed by atoms with Crippen LogP contribution in [0.2, 0.25) is 0 Å². The summed E-state index contributed by atoms with van der Waals surface area (Å²) >= 11 is 0. The van der Waals surface area contributed by atoms with Gasteiger partial charge in [0.1, 0.15) is 22.7 Å². The van der Waals surface area contributed by atoms with E-state index in [4.69, 9.17) is 10.5 Å². The average molecular weight is 542 g/mol. The molecule has 0 heterocycles. The highest BCUT2D eigenvalue weighted by atomic mass is 16.6. The smallest absolute Gasteiger partial charge is 0.308 e. The Kier molecular flexibility index (Phi) is 13.4. The molecule has 0 aromatic heterocycles. The molecular formula is C27H51N5O6. The molecule has 0 saturated heterocycles. The lowest BCUT2D eigenvalue weighted by Crippen LogP contribution is -2.64. The second-order valence-corrected chi connectivity index (χ2v) is 12.7. The standard InChI is InChI=1S/C27H51N5O6/c1-16(2)14-18(28)21(34)30-19(15-17(3)4)22(35)31-27(10,11)24(37)32-26(8,9)23(36)29-13-12-20(33)38-25(5,6)7/h16-19H,12-15,28H2,1-11H3,(H,29,36)(H,30,34)(H,31,35)(H,32,37)/t18-,19-/m0/s1. The van der Waals surface area contributed by atoms with E-state index in [1.807, 2.05) is 27.7 Å². The predicted octanol–water partition coefficient (Wildman–Crippen LogP) is 1.53. The maximum absolute atomic E-state index is 13.1. The number of hydrogen-bond donors (Lipinski definition) is 5. The SMILES string of the molecule is CC(C)C[C@H](NC(=O)[C@@H](N)CC(C)C)C(=O)NC(C)(C)C(=O)NC(C)(C)C(=O)NCCC(=O)OC(C)(C)C. The van der Waals surface area contributed by atoms with Crippen molar-refractivity contribution in [2.24, 2.45) is 17.6 Å². The zero-order chi connectivity index (χ0) is 30.1. The van der Waals surface area contributed by atoms with Crippen molar-refractivity contribution in [2.45, 2.75) is 124 Å². The molecule has 220 valence electrons. The fraction of sp³-hybridized carbons (Fsp3) is 0.815. The molecule has 4 amide bonds. The summed E-state index contributed by atoms with van der Waals surface area (Å²) in [5.74, 6) is -2.18. The average Bonchev–Trinajstić information content (AvgIpc) is 2.70. The highest BCUT2D eigenvalue weighted by molar-refractivity contribution is 5.97. The Balaban J connectivity index is 5.19. The van der Waals surface area contributed by atoms with Crippen molar-refractivity contribution < 1.29 is 28.7 Å². The van der Waals surface area contributed by atoms with E-state index in [2.05, 4.69) is 21.3 Å². The van der Waals surface area contributed by atoms with Gasteiger partial charge >= 0.3 is 5.97 Å². The van der Waals surface area contributed by atoms with Crippen molar-refractivity contribution in [3.63, 3.8) is 0 Å². The molecule has 0 bridgehead atoms. The van der Waals surface area contributed by atoms with Gasteiger partial charge in [-0.25, -0.2) is 0 Å². The number of esters is 1. The van der Waals surface area contributed by atoms with E-state index in [1.54, 1.807) is 20.8 Å². The summed E-state index contributed by atoms with van der Waals surface area (Å²) in [5, 5.41) is 10.7. The lowest BCUT2D eigenvalue weighted by Gasteiger charge is -2.33. The first-order chi connectivity index (χ1) is 17.1. The van der Waals surface area contributed by atoms with Crippen molar-refractivity contribution in [3.05, 3.63) is 0 Å². The number of rotatable bonds is 14. The highest BCUT2D eigenvalue weighted by Crippen LogP contribution is 2.13. The van der Waals surface area contributed by atoms with Gasteiger partial charge in [-0.3, -0.25) is 24.0 Å². The zero-order valence-electron chi connectivity index (χ0n) is 25.2. The molecular weight excluding hydrogens is 490 g/mol. The minimum Gasteiger partial charge on any atom is -0.460 e. The van der Waals surface area contributed by atoms with Gasteiger partial charge in [0.25, 0.3) is 0 Å². The van der Waals surface area contributed by atoms with Crippen LogP contribution in [0.15, 0.2) is 0 Å². The summed E-state index contributed by atoms with van der Waals surface area (Å²) in [5.41, 5.74) is 2.62. The summed E-state index contributed by atoms with van der Waals surface area (Å²) in [6, 6.07) is -1.62. The van der Waals surface area contributed by atoms with E-state index in [-0.39, 0.29) is 24.8 Å². The third-order valence-electron chi connectivity index (χ3n) is 5.43. The first kappa shape index (κ1) is 35.3. The lowest BCUT2D eigenvalue weighted by molar-refractivity contribution is -0.154. The van der Waals surface area contributed by atoms with Gasteiger partial charge in [-0.05, 0) is 73.1 Å². The van der Waals surface area contributed by atoms with Gasteiger partial charge in [-0.15, -0.1) is 0 Å². The van der Waals surface area contributed by atoms with Crippen LogP contribution in [0.5, 0.6) is 0 Å². The molecule has 0 aliphatic rings. The molecule has 0 spiro atoms. The van der Waals surface area contributed by atoms with Crippen molar-refractivity contribution in [3.8, 4) is 0 Å². The normalized spacial score (nSPS) is 13.9. The molecule has 2 atom stereocenters. The van der Waals surface area contributed by atoms with Crippen LogP contribution in [0.25, 0.3) is 0 Å². The molecule has 11 nitrogen and oxygen atoms in total. The van der Waals surface area contributed by atoms with Crippen LogP contribution >= 0.6 is 0 Å². The maximum Gasteiger partial charge on any atom is 0.308 e. The van der Waals surface area contributed by atoms with E-state index in [1.165, 1.54) is 27.7 Å². The topological polar surface area (TPSA) is 169 Å². The molecule has 0 rings (SSSR count). The molecule has 0 aromatic carbocycles. The Bertz CT molecular complexity index is 845. The fourth-order valence-corrected chi connectivity index (χ4v) is 3.44. The number of nitrogens with two attached hydrogens (primary N) is 1. The summed E-state index contributed by atoms with van der Waals surface area (Å²) in [6.45, 7) is 19.1. The monoisotopic (exact) mass is 541 g/mol. The van der Waals surface area contributed by atoms with E-state index < -0.39 is 58.4 Å². The third kappa shape index (κ3) is 13.7. The van der Waals surface area contributed by atoms with E-state index in [0.717, 1.165) is 0 Å². The molecule has 11 heteroatoms. The number of nitrogens with one attached hydrogen (secondary N) is 4.